The zero-order chi connectivity index (χ0) is 6.85. The number of hydrogen-bond donors (Lipinski definition) is 1. The lowest BCUT2D eigenvalue weighted by Gasteiger charge is -2.22. The molecule has 1 aliphatic rings. The predicted octanol–water partition coefficient (Wildman–Crippen LogP) is 0.868. The lowest BCUT2D eigenvalue weighted by Crippen LogP contribution is -2.31. The molecule has 0 spiro atoms. The summed E-state index contributed by atoms with van der Waals surface area (Å²) in [6.45, 7) is 2.58. The Labute approximate surface area is 60.0 Å². The summed E-state index contributed by atoms with van der Waals surface area (Å²) in [6, 6.07) is 0. The van der Waals surface area contributed by atoms with Gasteiger partial charge < -0.3 is 4.74 Å². The monoisotopic (exact) mass is 146 g/mol. The molecule has 1 heterocycles. The van der Waals surface area contributed by atoms with Gasteiger partial charge in [0.1, 0.15) is 5.25 Å². The lowest BCUT2D eigenvalue weighted by atomic mass is 10.0. The summed E-state index contributed by atoms with van der Waals surface area (Å²) < 4.78 is 4.75. The molecular weight excluding hydrogens is 136 g/mol. The van der Waals surface area contributed by atoms with Crippen LogP contribution in [0.3, 0.4) is 0 Å². The molecule has 0 amide bonds. The summed E-state index contributed by atoms with van der Waals surface area (Å²) in [7, 11) is 0. The molecule has 2 unspecified atom stereocenters. The molecule has 0 aromatic rings. The van der Waals surface area contributed by atoms with Crippen LogP contribution in [0.1, 0.15) is 13.3 Å². The van der Waals surface area contributed by atoms with Gasteiger partial charge in [-0.15, -0.1) is 0 Å². The van der Waals surface area contributed by atoms with Gasteiger partial charge in [-0.2, -0.15) is 12.6 Å². The number of carbonyl (C=O) groups is 1. The Morgan fingerprint density at radius 1 is 1.78 bits per heavy atom. The first-order chi connectivity index (χ1) is 4.22. The lowest BCUT2D eigenvalue weighted by molar-refractivity contribution is -0.147. The van der Waals surface area contributed by atoms with Crippen molar-refractivity contribution in [2.45, 2.75) is 18.6 Å². The van der Waals surface area contributed by atoms with Gasteiger partial charge in [-0.25, -0.2) is 0 Å². The van der Waals surface area contributed by atoms with Gasteiger partial charge in [0.25, 0.3) is 0 Å². The first-order valence-electron chi connectivity index (χ1n) is 3.06. The number of cyclic esters (lactones) is 1. The molecule has 1 rings (SSSR count). The van der Waals surface area contributed by atoms with Crippen LogP contribution < -0.4 is 0 Å². The van der Waals surface area contributed by atoms with Gasteiger partial charge in [0.2, 0.25) is 0 Å². The van der Waals surface area contributed by atoms with Gasteiger partial charge in [-0.1, -0.05) is 6.92 Å². The fourth-order valence-electron chi connectivity index (χ4n) is 0.821. The predicted molar refractivity (Wildman–Crippen MR) is 37.5 cm³/mol. The van der Waals surface area contributed by atoms with Crippen LogP contribution in [-0.2, 0) is 9.53 Å². The maximum Gasteiger partial charge on any atom is 0.319 e. The van der Waals surface area contributed by atoms with E-state index in [1.165, 1.54) is 0 Å². The second-order valence-electron chi connectivity index (χ2n) is 2.38. The average Bonchev–Trinajstić information content (AvgIpc) is 1.83. The van der Waals surface area contributed by atoms with E-state index >= 15 is 0 Å². The number of thiol groups is 1. The molecule has 2 nitrogen and oxygen atoms in total. The quantitative estimate of drug-likeness (QED) is 0.405. The molecule has 0 radical (unpaired) electrons. The van der Waals surface area contributed by atoms with Crippen LogP contribution >= 0.6 is 12.6 Å². The molecular formula is C6H10O2S. The number of hydrogen-bond acceptors (Lipinski definition) is 3. The molecule has 0 saturated carbocycles. The van der Waals surface area contributed by atoms with Crippen LogP contribution in [0.5, 0.6) is 0 Å². The fraction of sp³-hybridized carbons (Fsp3) is 0.833. The van der Waals surface area contributed by atoms with Crippen molar-refractivity contribution in [1.29, 1.82) is 0 Å². The molecule has 1 saturated heterocycles. The second kappa shape index (κ2) is 2.60. The molecule has 52 valence electrons. The zero-order valence-electron chi connectivity index (χ0n) is 5.33. The fourth-order valence-corrected chi connectivity index (χ4v) is 1.04. The third kappa shape index (κ3) is 1.39. The van der Waals surface area contributed by atoms with Gasteiger partial charge in [0.15, 0.2) is 0 Å². The van der Waals surface area contributed by atoms with E-state index in [9.17, 15) is 4.79 Å². The van der Waals surface area contributed by atoms with Crippen LogP contribution in [0, 0.1) is 5.92 Å². The van der Waals surface area contributed by atoms with Crippen molar-refractivity contribution < 1.29 is 9.53 Å². The van der Waals surface area contributed by atoms with Crippen molar-refractivity contribution in [3.63, 3.8) is 0 Å². The van der Waals surface area contributed by atoms with Crippen molar-refractivity contribution in [3.05, 3.63) is 0 Å². The SMILES string of the molecule is CC1CCOC(=O)C1S. The van der Waals surface area contributed by atoms with Gasteiger partial charge >= 0.3 is 5.97 Å². The Kier molecular flexibility index (Phi) is 2.01. The molecule has 1 aliphatic heterocycles. The van der Waals surface area contributed by atoms with Crippen LogP contribution in [0.2, 0.25) is 0 Å². The highest BCUT2D eigenvalue weighted by Gasteiger charge is 2.26. The summed E-state index contributed by atoms with van der Waals surface area (Å²) >= 11 is 4.08. The van der Waals surface area contributed by atoms with Crippen molar-refractivity contribution in [1.82, 2.24) is 0 Å². The molecule has 0 aromatic heterocycles. The van der Waals surface area contributed by atoms with Crippen molar-refractivity contribution in [2.24, 2.45) is 5.92 Å². The average molecular weight is 146 g/mol. The van der Waals surface area contributed by atoms with Crippen LogP contribution in [0.15, 0.2) is 0 Å². The highest BCUT2D eigenvalue weighted by atomic mass is 32.1. The van der Waals surface area contributed by atoms with E-state index in [2.05, 4.69) is 12.6 Å². The smallest absolute Gasteiger partial charge is 0.319 e. The number of carbonyl (C=O) groups excluding carboxylic acids is 1. The minimum atomic E-state index is -0.196. The molecule has 3 heteroatoms. The number of esters is 1. The van der Waals surface area contributed by atoms with Gasteiger partial charge in [-0.3, -0.25) is 4.79 Å². The first kappa shape index (κ1) is 6.93. The number of rotatable bonds is 0. The standard InChI is InChI=1S/C6H10O2S/c1-4-2-3-8-6(7)5(4)9/h4-5,9H,2-3H2,1H3. The molecule has 2 atom stereocenters. The minimum absolute atomic E-state index is 0.169. The van der Waals surface area contributed by atoms with Crippen molar-refractivity contribution in [3.8, 4) is 0 Å². The summed E-state index contributed by atoms with van der Waals surface area (Å²) in [5.74, 6) is 0.201. The van der Waals surface area contributed by atoms with E-state index in [4.69, 9.17) is 4.74 Å². The molecule has 1 fully saturated rings. The van der Waals surface area contributed by atoms with Crippen molar-refractivity contribution in [2.75, 3.05) is 6.61 Å². The zero-order valence-corrected chi connectivity index (χ0v) is 6.23. The van der Waals surface area contributed by atoms with E-state index in [1.807, 2.05) is 6.92 Å². The Morgan fingerprint density at radius 2 is 2.44 bits per heavy atom. The summed E-state index contributed by atoms with van der Waals surface area (Å²) in [6.07, 6.45) is 0.944. The Balaban J connectivity index is 2.51. The normalized spacial score (nSPS) is 36.0. The topological polar surface area (TPSA) is 26.3 Å². The molecule has 0 N–H and O–H groups in total. The maximum atomic E-state index is 10.7. The Hall–Kier alpha value is -0.180. The van der Waals surface area contributed by atoms with Crippen molar-refractivity contribution >= 4 is 18.6 Å². The maximum absolute atomic E-state index is 10.7. The third-order valence-electron chi connectivity index (χ3n) is 1.60. The van der Waals surface area contributed by atoms with E-state index in [1.54, 1.807) is 0 Å². The van der Waals surface area contributed by atoms with E-state index in [0.29, 0.717) is 12.5 Å². The van der Waals surface area contributed by atoms with Crippen LogP contribution in [0.25, 0.3) is 0 Å². The number of ether oxygens (including phenoxy) is 1. The largest absolute Gasteiger partial charge is 0.465 e. The van der Waals surface area contributed by atoms with E-state index in [0.717, 1.165) is 6.42 Å². The minimum Gasteiger partial charge on any atom is -0.465 e. The Bertz CT molecular complexity index is 124. The molecule has 0 bridgehead atoms. The first-order valence-corrected chi connectivity index (χ1v) is 3.58. The van der Waals surface area contributed by atoms with Gasteiger partial charge in [0, 0.05) is 0 Å². The Morgan fingerprint density at radius 3 is 2.89 bits per heavy atom. The summed E-state index contributed by atoms with van der Waals surface area (Å²) in [5.41, 5.74) is 0. The molecule has 9 heavy (non-hydrogen) atoms. The van der Waals surface area contributed by atoms with Crippen LogP contribution in [-0.4, -0.2) is 17.8 Å². The summed E-state index contributed by atoms with van der Waals surface area (Å²) in [4.78, 5) is 10.7. The van der Waals surface area contributed by atoms with Crippen LogP contribution in [0.4, 0.5) is 0 Å². The highest BCUT2D eigenvalue weighted by Crippen LogP contribution is 2.19. The summed E-state index contributed by atoms with van der Waals surface area (Å²) in [5, 5.41) is -0.196. The van der Waals surface area contributed by atoms with E-state index in [-0.39, 0.29) is 11.2 Å². The van der Waals surface area contributed by atoms with Gasteiger partial charge in [-0.05, 0) is 12.3 Å². The molecule has 0 aromatic carbocycles. The highest BCUT2D eigenvalue weighted by molar-refractivity contribution is 7.81. The third-order valence-corrected chi connectivity index (χ3v) is 2.32. The van der Waals surface area contributed by atoms with E-state index < -0.39 is 0 Å². The second-order valence-corrected chi connectivity index (χ2v) is 2.93. The molecule has 0 aliphatic carbocycles. The van der Waals surface area contributed by atoms with Gasteiger partial charge in [0.05, 0.1) is 6.61 Å².